The molecule has 18 heavy (non-hydrogen) atoms. The lowest BCUT2D eigenvalue weighted by Gasteiger charge is -2.17. The first-order chi connectivity index (χ1) is 8.85. The maximum atomic E-state index is 3.45. The molecular formula is C17H23N. The first-order valence-electron chi connectivity index (χ1n) is 6.99. The minimum absolute atomic E-state index is 0.593. The van der Waals surface area contributed by atoms with Crippen molar-refractivity contribution in [3.05, 3.63) is 48.0 Å². The summed E-state index contributed by atoms with van der Waals surface area (Å²) in [5.74, 6) is 0. The highest BCUT2D eigenvalue weighted by Gasteiger charge is 2.08. The van der Waals surface area contributed by atoms with Crippen LogP contribution in [0.1, 0.15) is 31.7 Å². The molecule has 0 radical (unpaired) electrons. The van der Waals surface area contributed by atoms with Crippen LogP contribution in [-0.2, 0) is 6.42 Å². The van der Waals surface area contributed by atoms with Crippen molar-refractivity contribution in [3.63, 3.8) is 0 Å². The Morgan fingerprint density at radius 2 is 1.83 bits per heavy atom. The minimum atomic E-state index is 0.593. The highest BCUT2D eigenvalue weighted by Crippen LogP contribution is 2.20. The molecule has 0 aliphatic rings. The van der Waals surface area contributed by atoms with Gasteiger partial charge in [-0.3, -0.25) is 0 Å². The molecule has 0 saturated heterocycles. The summed E-state index contributed by atoms with van der Waals surface area (Å²) < 4.78 is 0. The van der Waals surface area contributed by atoms with E-state index in [0.717, 1.165) is 6.42 Å². The standard InChI is InChI=1S/C17H23N/c1-3-4-11-16(18-2)13-15-10-7-9-14-8-5-6-12-17(14)15/h5-10,12,16,18H,3-4,11,13H2,1-2H3. The van der Waals surface area contributed by atoms with Crippen LogP contribution in [0.15, 0.2) is 42.5 Å². The van der Waals surface area contributed by atoms with Gasteiger partial charge in [-0.2, -0.15) is 0 Å². The van der Waals surface area contributed by atoms with Crippen molar-refractivity contribution in [2.24, 2.45) is 0 Å². The van der Waals surface area contributed by atoms with Crippen LogP contribution in [-0.4, -0.2) is 13.1 Å². The van der Waals surface area contributed by atoms with E-state index in [1.807, 2.05) is 0 Å². The largest absolute Gasteiger partial charge is 0.317 e. The normalized spacial score (nSPS) is 12.8. The Bertz CT molecular complexity index is 484. The number of unbranched alkanes of at least 4 members (excludes halogenated alkanes) is 1. The van der Waals surface area contributed by atoms with Gasteiger partial charge in [0, 0.05) is 6.04 Å². The molecule has 0 aromatic heterocycles. The van der Waals surface area contributed by atoms with Crippen LogP contribution >= 0.6 is 0 Å². The molecule has 0 heterocycles. The maximum Gasteiger partial charge on any atom is 0.0105 e. The molecule has 1 atom stereocenters. The second-order valence-electron chi connectivity index (χ2n) is 4.97. The average Bonchev–Trinajstić information content (AvgIpc) is 2.43. The van der Waals surface area contributed by atoms with Crippen LogP contribution in [0.25, 0.3) is 10.8 Å². The predicted molar refractivity (Wildman–Crippen MR) is 80.0 cm³/mol. The number of hydrogen-bond acceptors (Lipinski definition) is 1. The average molecular weight is 241 g/mol. The zero-order valence-electron chi connectivity index (χ0n) is 11.4. The molecule has 1 nitrogen and oxygen atoms in total. The lowest BCUT2D eigenvalue weighted by molar-refractivity contribution is 0.499. The smallest absolute Gasteiger partial charge is 0.0105 e. The fourth-order valence-electron chi connectivity index (χ4n) is 2.53. The minimum Gasteiger partial charge on any atom is -0.317 e. The molecule has 0 amide bonds. The quantitative estimate of drug-likeness (QED) is 0.800. The highest BCUT2D eigenvalue weighted by molar-refractivity contribution is 5.85. The van der Waals surface area contributed by atoms with Gasteiger partial charge in [-0.05, 0) is 36.2 Å². The molecule has 0 aliphatic carbocycles. The highest BCUT2D eigenvalue weighted by atomic mass is 14.9. The Kier molecular flexibility index (Phi) is 4.77. The van der Waals surface area contributed by atoms with Crippen LogP contribution in [0.2, 0.25) is 0 Å². The molecule has 2 aromatic carbocycles. The van der Waals surface area contributed by atoms with Crippen molar-refractivity contribution in [1.29, 1.82) is 0 Å². The van der Waals surface area contributed by atoms with E-state index in [2.05, 4.69) is 61.8 Å². The third-order valence-electron chi connectivity index (χ3n) is 3.66. The third-order valence-corrected chi connectivity index (χ3v) is 3.66. The van der Waals surface area contributed by atoms with Gasteiger partial charge in [-0.1, -0.05) is 62.2 Å². The van der Waals surface area contributed by atoms with E-state index >= 15 is 0 Å². The Labute approximate surface area is 110 Å². The second kappa shape index (κ2) is 6.55. The van der Waals surface area contributed by atoms with Crippen molar-refractivity contribution in [1.82, 2.24) is 5.32 Å². The van der Waals surface area contributed by atoms with E-state index in [0.29, 0.717) is 6.04 Å². The first kappa shape index (κ1) is 13.1. The fourth-order valence-corrected chi connectivity index (χ4v) is 2.53. The zero-order valence-corrected chi connectivity index (χ0v) is 11.4. The lowest BCUT2D eigenvalue weighted by atomic mass is 9.96. The number of nitrogens with one attached hydrogen (secondary N) is 1. The molecule has 0 saturated carbocycles. The molecule has 0 bridgehead atoms. The SMILES string of the molecule is CCCCC(Cc1cccc2ccccc12)NC. The molecule has 1 N–H and O–H groups in total. The maximum absolute atomic E-state index is 3.45. The van der Waals surface area contributed by atoms with Crippen LogP contribution < -0.4 is 5.32 Å². The van der Waals surface area contributed by atoms with Gasteiger partial charge in [0.2, 0.25) is 0 Å². The second-order valence-corrected chi connectivity index (χ2v) is 4.97. The molecule has 2 aromatic rings. The molecular weight excluding hydrogens is 218 g/mol. The molecule has 0 fully saturated rings. The fraction of sp³-hybridized carbons (Fsp3) is 0.412. The van der Waals surface area contributed by atoms with Crippen LogP contribution in [0.3, 0.4) is 0 Å². The Hall–Kier alpha value is -1.34. The molecule has 0 spiro atoms. The van der Waals surface area contributed by atoms with Gasteiger partial charge in [-0.15, -0.1) is 0 Å². The molecule has 2 rings (SSSR count). The topological polar surface area (TPSA) is 12.0 Å². The monoisotopic (exact) mass is 241 g/mol. The summed E-state index contributed by atoms with van der Waals surface area (Å²) in [7, 11) is 2.07. The number of likely N-dealkylation sites (N-methyl/N-ethyl adjacent to an activating group) is 1. The van der Waals surface area contributed by atoms with Gasteiger partial charge < -0.3 is 5.32 Å². The summed E-state index contributed by atoms with van der Waals surface area (Å²) in [6.07, 6.45) is 4.96. The molecule has 1 heteroatoms. The summed E-state index contributed by atoms with van der Waals surface area (Å²) in [4.78, 5) is 0. The molecule has 0 aliphatic heterocycles. The van der Waals surface area contributed by atoms with E-state index in [1.54, 1.807) is 0 Å². The zero-order chi connectivity index (χ0) is 12.8. The van der Waals surface area contributed by atoms with Crippen LogP contribution in [0.5, 0.6) is 0 Å². The van der Waals surface area contributed by atoms with Gasteiger partial charge >= 0.3 is 0 Å². The van der Waals surface area contributed by atoms with Crippen LogP contribution in [0.4, 0.5) is 0 Å². The van der Waals surface area contributed by atoms with E-state index < -0.39 is 0 Å². The summed E-state index contributed by atoms with van der Waals surface area (Å²) >= 11 is 0. The predicted octanol–water partition coefficient (Wildman–Crippen LogP) is 4.16. The number of hydrogen-bond donors (Lipinski definition) is 1. The third kappa shape index (κ3) is 3.11. The van der Waals surface area contributed by atoms with Crippen molar-refractivity contribution in [2.45, 2.75) is 38.6 Å². The number of fused-ring (bicyclic) bond motifs is 1. The van der Waals surface area contributed by atoms with E-state index in [-0.39, 0.29) is 0 Å². The van der Waals surface area contributed by atoms with Gasteiger partial charge in [0.25, 0.3) is 0 Å². The summed E-state index contributed by atoms with van der Waals surface area (Å²) in [5, 5.41) is 6.20. The van der Waals surface area contributed by atoms with Gasteiger partial charge in [-0.25, -0.2) is 0 Å². The first-order valence-corrected chi connectivity index (χ1v) is 6.99. The van der Waals surface area contributed by atoms with Crippen LogP contribution in [0, 0.1) is 0 Å². The molecule has 1 unspecified atom stereocenters. The van der Waals surface area contributed by atoms with Gasteiger partial charge in [0.05, 0.1) is 0 Å². The molecule has 96 valence electrons. The van der Waals surface area contributed by atoms with Crippen molar-refractivity contribution >= 4 is 10.8 Å². The summed E-state index contributed by atoms with van der Waals surface area (Å²) in [6.45, 7) is 2.25. The lowest BCUT2D eigenvalue weighted by Crippen LogP contribution is -2.27. The van der Waals surface area contributed by atoms with Crippen molar-refractivity contribution < 1.29 is 0 Å². The van der Waals surface area contributed by atoms with E-state index in [9.17, 15) is 0 Å². The van der Waals surface area contributed by atoms with E-state index in [4.69, 9.17) is 0 Å². The van der Waals surface area contributed by atoms with Gasteiger partial charge in [0.15, 0.2) is 0 Å². The van der Waals surface area contributed by atoms with Gasteiger partial charge in [0.1, 0.15) is 0 Å². The summed E-state index contributed by atoms with van der Waals surface area (Å²) in [6, 6.07) is 15.9. The Morgan fingerprint density at radius 3 is 2.61 bits per heavy atom. The number of rotatable bonds is 6. The number of benzene rings is 2. The van der Waals surface area contributed by atoms with E-state index in [1.165, 1.54) is 35.6 Å². The van der Waals surface area contributed by atoms with Crippen molar-refractivity contribution in [2.75, 3.05) is 7.05 Å². The Balaban J connectivity index is 2.19. The van der Waals surface area contributed by atoms with Crippen molar-refractivity contribution in [3.8, 4) is 0 Å². The Morgan fingerprint density at radius 1 is 1.06 bits per heavy atom. The summed E-state index contributed by atoms with van der Waals surface area (Å²) in [5.41, 5.74) is 1.46.